The summed E-state index contributed by atoms with van der Waals surface area (Å²) in [7, 11) is 0. The van der Waals surface area contributed by atoms with Crippen LogP contribution in [0.5, 0.6) is 0 Å². The van der Waals surface area contributed by atoms with Gasteiger partial charge in [0.1, 0.15) is 11.8 Å². The molecule has 0 aromatic heterocycles. The monoisotopic (exact) mass is 348 g/mol. The van der Waals surface area contributed by atoms with Gasteiger partial charge in [-0.3, -0.25) is 19.3 Å². The molecular formula is C20H16N2O4. The minimum Gasteiger partial charge on any atom is -0.505 e. The normalized spacial score (nSPS) is 21.8. The van der Waals surface area contributed by atoms with E-state index in [1.165, 1.54) is 9.80 Å². The molecule has 0 radical (unpaired) electrons. The van der Waals surface area contributed by atoms with Crippen LogP contribution in [0.25, 0.3) is 5.76 Å². The molecule has 0 aliphatic carbocycles. The fraction of sp³-hybridized carbons (Fsp3) is 0.150. The van der Waals surface area contributed by atoms with E-state index >= 15 is 0 Å². The molecule has 2 saturated heterocycles. The Morgan fingerprint density at radius 1 is 0.923 bits per heavy atom. The second kappa shape index (κ2) is 6.15. The van der Waals surface area contributed by atoms with Crippen molar-refractivity contribution in [1.82, 2.24) is 4.90 Å². The largest absolute Gasteiger partial charge is 0.505 e. The van der Waals surface area contributed by atoms with E-state index in [-0.39, 0.29) is 30.3 Å². The zero-order chi connectivity index (χ0) is 18.3. The molecule has 0 saturated carbocycles. The average molecular weight is 348 g/mol. The Morgan fingerprint density at radius 2 is 1.54 bits per heavy atom. The number of piperazine rings is 1. The summed E-state index contributed by atoms with van der Waals surface area (Å²) in [6.07, 6.45) is -0.125. The quantitative estimate of drug-likeness (QED) is 0.666. The summed E-state index contributed by atoms with van der Waals surface area (Å²) in [6.45, 7) is -0.00337. The first kappa shape index (κ1) is 16.1. The first-order valence-electron chi connectivity index (χ1n) is 8.28. The Morgan fingerprint density at radius 3 is 2.19 bits per heavy atom. The highest BCUT2D eigenvalue weighted by Gasteiger charge is 2.49. The van der Waals surface area contributed by atoms with E-state index in [1.807, 2.05) is 12.1 Å². The Kier molecular flexibility index (Phi) is 3.80. The number of Topliss-reactive ketones (excluding diaryl/α,β-unsaturated/α-hetero) is 1. The molecule has 26 heavy (non-hydrogen) atoms. The minimum atomic E-state index is -0.817. The molecule has 2 aromatic carbocycles. The van der Waals surface area contributed by atoms with Gasteiger partial charge >= 0.3 is 0 Å². The number of carbonyl (C=O) groups is 3. The third-order valence-corrected chi connectivity index (χ3v) is 4.68. The number of nitrogens with zero attached hydrogens (tertiary/aromatic N) is 2. The van der Waals surface area contributed by atoms with Crippen molar-refractivity contribution in [2.45, 2.75) is 12.5 Å². The van der Waals surface area contributed by atoms with Crippen molar-refractivity contribution in [3.05, 3.63) is 71.9 Å². The Labute approximate surface area is 150 Å². The molecule has 130 valence electrons. The second-order valence-electron chi connectivity index (χ2n) is 6.25. The number of aliphatic hydroxyl groups excluding tert-OH is 1. The van der Waals surface area contributed by atoms with Gasteiger partial charge in [-0.25, -0.2) is 0 Å². The van der Waals surface area contributed by atoms with Crippen LogP contribution in [0, 0.1) is 0 Å². The lowest BCUT2D eigenvalue weighted by molar-refractivity contribution is -0.141. The number of hydrogen-bond acceptors (Lipinski definition) is 4. The number of rotatable bonds is 2. The maximum Gasteiger partial charge on any atom is 0.291 e. The second-order valence-corrected chi connectivity index (χ2v) is 6.25. The zero-order valence-corrected chi connectivity index (χ0v) is 13.8. The van der Waals surface area contributed by atoms with E-state index < -0.39 is 17.7 Å². The van der Waals surface area contributed by atoms with Crippen LogP contribution in [0.2, 0.25) is 0 Å². The van der Waals surface area contributed by atoms with Gasteiger partial charge in [-0.05, 0) is 12.1 Å². The lowest BCUT2D eigenvalue weighted by atomic mass is 10.0. The summed E-state index contributed by atoms with van der Waals surface area (Å²) in [5, 5.41) is 10.8. The maximum absolute atomic E-state index is 13.1. The molecule has 1 atom stereocenters. The molecule has 1 N–H and O–H groups in total. The van der Waals surface area contributed by atoms with Crippen LogP contribution < -0.4 is 4.90 Å². The molecule has 4 rings (SSSR count). The van der Waals surface area contributed by atoms with Gasteiger partial charge in [0.15, 0.2) is 0 Å². The van der Waals surface area contributed by atoms with Crippen molar-refractivity contribution in [1.29, 1.82) is 0 Å². The number of benzene rings is 2. The fourth-order valence-corrected chi connectivity index (χ4v) is 3.40. The van der Waals surface area contributed by atoms with Gasteiger partial charge < -0.3 is 10.0 Å². The van der Waals surface area contributed by atoms with E-state index in [2.05, 4.69) is 0 Å². The number of fused-ring (bicyclic) bond motifs is 1. The molecule has 2 amide bonds. The molecule has 2 aliphatic rings. The van der Waals surface area contributed by atoms with Crippen LogP contribution in [0.1, 0.15) is 12.0 Å². The lowest BCUT2D eigenvalue weighted by Gasteiger charge is -2.38. The van der Waals surface area contributed by atoms with Gasteiger partial charge in [0, 0.05) is 17.7 Å². The Bertz CT molecular complexity index is 921. The van der Waals surface area contributed by atoms with Gasteiger partial charge in [-0.1, -0.05) is 48.5 Å². The summed E-state index contributed by atoms with van der Waals surface area (Å²) in [4.78, 5) is 39.7. The van der Waals surface area contributed by atoms with Crippen LogP contribution in [-0.2, 0) is 14.4 Å². The fourth-order valence-electron chi connectivity index (χ4n) is 3.40. The smallest absolute Gasteiger partial charge is 0.291 e. The van der Waals surface area contributed by atoms with E-state index in [0.717, 1.165) is 0 Å². The lowest BCUT2D eigenvalue weighted by Crippen LogP contribution is -2.54. The number of hydrogen-bond donors (Lipinski definition) is 1. The van der Waals surface area contributed by atoms with E-state index in [9.17, 15) is 19.5 Å². The highest BCUT2D eigenvalue weighted by atomic mass is 16.3. The molecule has 6 heteroatoms. The van der Waals surface area contributed by atoms with Crippen molar-refractivity contribution in [2.24, 2.45) is 0 Å². The number of amides is 2. The van der Waals surface area contributed by atoms with Crippen LogP contribution in [0.15, 0.2) is 66.4 Å². The average Bonchev–Trinajstić information content (AvgIpc) is 2.97. The predicted molar refractivity (Wildman–Crippen MR) is 95.0 cm³/mol. The van der Waals surface area contributed by atoms with Gasteiger partial charge in [0.25, 0.3) is 11.8 Å². The molecule has 2 heterocycles. The maximum atomic E-state index is 13.1. The van der Waals surface area contributed by atoms with Crippen molar-refractivity contribution in [3.63, 3.8) is 0 Å². The number of carbonyl (C=O) groups excluding carboxylic acids is 3. The summed E-state index contributed by atoms with van der Waals surface area (Å²) in [5.41, 5.74) is 1.40. The number of aliphatic hydroxyl groups is 1. The van der Waals surface area contributed by atoms with Crippen molar-refractivity contribution < 1.29 is 19.5 Å². The standard InChI is InChI=1S/C20H16N2O4/c23-17-11-15-19(25)22(14-9-5-2-6-10-14)16(12-21(15)20(17)26)18(24)13-7-3-1-4-8-13/h1-10,15,24H,11-12H2. The SMILES string of the molecule is O=C1CC2C(=O)N(c3ccccc3)C(=C(O)c3ccccc3)CN2C1=O. The van der Waals surface area contributed by atoms with Crippen LogP contribution in [0.4, 0.5) is 5.69 Å². The van der Waals surface area contributed by atoms with Crippen LogP contribution >= 0.6 is 0 Å². The van der Waals surface area contributed by atoms with Gasteiger partial charge in [-0.15, -0.1) is 0 Å². The molecule has 2 aromatic rings. The van der Waals surface area contributed by atoms with E-state index in [1.54, 1.807) is 48.5 Å². The summed E-state index contributed by atoms with van der Waals surface area (Å²) >= 11 is 0. The molecule has 2 fully saturated rings. The number of ketones is 1. The third kappa shape index (κ3) is 2.47. The van der Waals surface area contributed by atoms with Crippen LogP contribution in [0.3, 0.4) is 0 Å². The minimum absolute atomic E-state index is 0.00337. The molecule has 6 nitrogen and oxygen atoms in total. The van der Waals surface area contributed by atoms with Crippen molar-refractivity contribution in [3.8, 4) is 0 Å². The zero-order valence-electron chi connectivity index (χ0n) is 13.8. The predicted octanol–water partition coefficient (Wildman–Crippen LogP) is 2.13. The molecule has 1 unspecified atom stereocenters. The summed E-state index contributed by atoms with van der Waals surface area (Å²) in [6, 6.07) is 16.9. The van der Waals surface area contributed by atoms with E-state index in [0.29, 0.717) is 11.3 Å². The van der Waals surface area contributed by atoms with Crippen molar-refractivity contribution in [2.75, 3.05) is 11.4 Å². The highest BCUT2D eigenvalue weighted by molar-refractivity contribution is 6.40. The first-order chi connectivity index (χ1) is 12.6. The van der Waals surface area contributed by atoms with Gasteiger partial charge in [-0.2, -0.15) is 0 Å². The van der Waals surface area contributed by atoms with Gasteiger partial charge in [0.2, 0.25) is 5.78 Å². The molecular weight excluding hydrogens is 332 g/mol. The number of para-hydroxylation sites is 1. The first-order valence-corrected chi connectivity index (χ1v) is 8.28. The summed E-state index contributed by atoms with van der Waals surface area (Å²) < 4.78 is 0. The summed E-state index contributed by atoms with van der Waals surface area (Å²) in [5.74, 6) is -1.72. The third-order valence-electron chi connectivity index (χ3n) is 4.68. The molecule has 0 bridgehead atoms. The topological polar surface area (TPSA) is 77.9 Å². The molecule has 2 aliphatic heterocycles. The number of anilines is 1. The Balaban J connectivity index is 1.87. The van der Waals surface area contributed by atoms with Crippen molar-refractivity contribution >= 4 is 29.0 Å². The van der Waals surface area contributed by atoms with Gasteiger partial charge in [0.05, 0.1) is 12.2 Å². The Hall–Kier alpha value is -3.41. The molecule has 0 spiro atoms. The van der Waals surface area contributed by atoms with Crippen LogP contribution in [-0.4, -0.2) is 40.2 Å². The van der Waals surface area contributed by atoms with E-state index in [4.69, 9.17) is 0 Å². The highest BCUT2D eigenvalue weighted by Crippen LogP contribution is 2.34.